The van der Waals surface area contributed by atoms with Crippen LogP contribution in [0.3, 0.4) is 0 Å². The Balaban J connectivity index is 2.68. The topological polar surface area (TPSA) is 20.2 Å². The van der Waals surface area contributed by atoms with E-state index in [4.69, 9.17) is 0 Å². The van der Waals surface area contributed by atoms with E-state index in [1.807, 2.05) is 13.8 Å². The van der Waals surface area contributed by atoms with Gasteiger partial charge in [0.25, 0.3) is 0 Å². The normalized spacial score (nSPS) is 11.9. The van der Waals surface area contributed by atoms with Crippen LogP contribution < -0.4 is 0 Å². The highest BCUT2D eigenvalue weighted by Gasteiger charge is 2.12. The fraction of sp³-hybridized carbons (Fsp3) is 0.600. The quantitative estimate of drug-likeness (QED) is 0.820. The summed E-state index contributed by atoms with van der Waals surface area (Å²) in [6, 6.07) is 4.48. The maximum absolute atomic E-state index is 9.68. The molecule has 0 aliphatic carbocycles. The van der Waals surface area contributed by atoms with Crippen molar-refractivity contribution in [2.75, 3.05) is 0 Å². The van der Waals surface area contributed by atoms with E-state index in [9.17, 15) is 5.11 Å². The van der Waals surface area contributed by atoms with E-state index >= 15 is 0 Å². The van der Waals surface area contributed by atoms with Crippen LogP contribution in [0.15, 0.2) is 12.1 Å². The number of benzene rings is 1. The number of aryl methyl sites for hydroxylation is 3. The summed E-state index contributed by atoms with van der Waals surface area (Å²) in [5.41, 5.74) is 5.02. The Morgan fingerprint density at radius 3 is 2.00 bits per heavy atom. The minimum absolute atomic E-state index is 0.535. The van der Waals surface area contributed by atoms with Crippen LogP contribution in [0, 0.1) is 20.8 Å². The predicted molar refractivity (Wildman–Crippen MR) is 69.9 cm³/mol. The second-order valence-corrected chi connectivity index (χ2v) is 5.54. The average molecular weight is 220 g/mol. The lowest BCUT2D eigenvalue weighted by molar-refractivity contribution is 0.0689. The van der Waals surface area contributed by atoms with Crippen molar-refractivity contribution >= 4 is 0 Å². The molecule has 0 heterocycles. The van der Waals surface area contributed by atoms with Gasteiger partial charge in [0.2, 0.25) is 0 Å². The van der Waals surface area contributed by atoms with Gasteiger partial charge in [-0.1, -0.05) is 17.7 Å². The third-order valence-electron chi connectivity index (χ3n) is 3.06. The number of hydrogen-bond acceptors (Lipinski definition) is 1. The van der Waals surface area contributed by atoms with Crippen molar-refractivity contribution in [3.05, 3.63) is 34.4 Å². The molecule has 0 unspecified atom stereocenters. The van der Waals surface area contributed by atoms with E-state index in [0.717, 1.165) is 19.3 Å². The van der Waals surface area contributed by atoms with E-state index in [-0.39, 0.29) is 0 Å². The zero-order valence-electron chi connectivity index (χ0n) is 11.2. The molecule has 1 rings (SSSR count). The Hall–Kier alpha value is -0.820. The van der Waals surface area contributed by atoms with Crippen LogP contribution in [0.4, 0.5) is 0 Å². The predicted octanol–water partition coefficient (Wildman–Crippen LogP) is 3.71. The molecule has 0 fully saturated rings. The molecule has 1 aromatic rings. The van der Waals surface area contributed by atoms with Gasteiger partial charge >= 0.3 is 0 Å². The van der Waals surface area contributed by atoms with Gasteiger partial charge < -0.3 is 5.11 Å². The summed E-state index contributed by atoms with van der Waals surface area (Å²) in [5, 5.41) is 9.68. The molecule has 1 N–H and O–H groups in total. The molecule has 0 saturated heterocycles. The van der Waals surface area contributed by atoms with Crippen LogP contribution in [0.5, 0.6) is 0 Å². The highest BCUT2D eigenvalue weighted by atomic mass is 16.3. The number of hydrogen-bond donors (Lipinski definition) is 1. The van der Waals surface area contributed by atoms with Crippen molar-refractivity contribution in [3.8, 4) is 0 Å². The second kappa shape index (κ2) is 5.01. The first-order valence-electron chi connectivity index (χ1n) is 6.09. The van der Waals surface area contributed by atoms with E-state index in [0.29, 0.717) is 0 Å². The minimum atomic E-state index is -0.535. The molecule has 90 valence electrons. The Labute approximate surface area is 99.5 Å². The summed E-state index contributed by atoms with van der Waals surface area (Å²) >= 11 is 0. The molecule has 0 atom stereocenters. The first kappa shape index (κ1) is 13.2. The molecule has 0 aromatic heterocycles. The van der Waals surface area contributed by atoms with E-state index in [2.05, 4.69) is 32.9 Å². The van der Waals surface area contributed by atoms with Crippen LogP contribution in [-0.2, 0) is 6.42 Å². The Bertz CT molecular complexity index is 335. The number of rotatable bonds is 4. The highest BCUT2D eigenvalue weighted by Crippen LogP contribution is 2.20. The third kappa shape index (κ3) is 3.97. The molecule has 1 heteroatoms. The van der Waals surface area contributed by atoms with Gasteiger partial charge in [-0.05, 0) is 70.6 Å². The summed E-state index contributed by atoms with van der Waals surface area (Å²) in [6.07, 6.45) is 2.98. The zero-order valence-corrected chi connectivity index (χ0v) is 11.2. The molecular weight excluding hydrogens is 196 g/mol. The smallest absolute Gasteiger partial charge is 0.0591 e. The molecule has 1 nitrogen and oxygen atoms in total. The fourth-order valence-electron chi connectivity index (χ4n) is 2.30. The molecule has 0 saturated carbocycles. The van der Waals surface area contributed by atoms with E-state index in [1.54, 1.807) is 0 Å². The summed E-state index contributed by atoms with van der Waals surface area (Å²) in [7, 11) is 0. The van der Waals surface area contributed by atoms with Crippen LogP contribution >= 0.6 is 0 Å². The van der Waals surface area contributed by atoms with Crippen molar-refractivity contribution in [3.63, 3.8) is 0 Å². The van der Waals surface area contributed by atoms with Gasteiger partial charge in [-0.15, -0.1) is 0 Å². The lowest BCUT2D eigenvalue weighted by atomic mass is 9.93. The summed E-state index contributed by atoms with van der Waals surface area (Å²) < 4.78 is 0. The summed E-state index contributed by atoms with van der Waals surface area (Å²) in [4.78, 5) is 0. The molecule has 0 radical (unpaired) electrons. The van der Waals surface area contributed by atoms with Gasteiger partial charge in [0.15, 0.2) is 0 Å². The zero-order chi connectivity index (χ0) is 12.3. The maximum atomic E-state index is 9.68. The van der Waals surface area contributed by atoms with Gasteiger partial charge in [-0.3, -0.25) is 0 Å². The molecular formula is C15H24O. The van der Waals surface area contributed by atoms with Crippen LogP contribution in [0.1, 0.15) is 48.9 Å². The average Bonchev–Trinajstić information content (AvgIpc) is 2.07. The highest BCUT2D eigenvalue weighted by molar-refractivity contribution is 5.37. The molecule has 0 aliphatic rings. The molecule has 1 aromatic carbocycles. The van der Waals surface area contributed by atoms with Crippen molar-refractivity contribution in [2.24, 2.45) is 0 Å². The lowest BCUT2D eigenvalue weighted by Crippen LogP contribution is -2.18. The Kier molecular flexibility index (Phi) is 4.15. The van der Waals surface area contributed by atoms with Crippen LogP contribution in [0.2, 0.25) is 0 Å². The maximum Gasteiger partial charge on any atom is 0.0591 e. The van der Waals surface area contributed by atoms with Gasteiger partial charge in [-0.25, -0.2) is 0 Å². The van der Waals surface area contributed by atoms with Crippen molar-refractivity contribution in [1.29, 1.82) is 0 Å². The van der Waals surface area contributed by atoms with Crippen LogP contribution in [-0.4, -0.2) is 10.7 Å². The molecule has 0 amide bonds. The first-order valence-corrected chi connectivity index (χ1v) is 6.09. The van der Waals surface area contributed by atoms with Crippen molar-refractivity contribution in [1.82, 2.24) is 0 Å². The van der Waals surface area contributed by atoms with Gasteiger partial charge in [0, 0.05) is 0 Å². The van der Waals surface area contributed by atoms with E-state index in [1.165, 1.54) is 22.3 Å². The van der Waals surface area contributed by atoms with Crippen molar-refractivity contribution < 1.29 is 5.11 Å². The molecule has 0 bridgehead atoms. The second-order valence-electron chi connectivity index (χ2n) is 5.54. The van der Waals surface area contributed by atoms with Crippen LogP contribution in [0.25, 0.3) is 0 Å². The minimum Gasteiger partial charge on any atom is -0.390 e. The summed E-state index contributed by atoms with van der Waals surface area (Å²) in [6.45, 7) is 10.3. The Morgan fingerprint density at radius 2 is 1.56 bits per heavy atom. The molecule has 0 aliphatic heterocycles. The molecule has 0 spiro atoms. The number of aliphatic hydroxyl groups is 1. The van der Waals surface area contributed by atoms with Gasteiger partial charge in [-0.2, -0.15) is 0 Å². The third-order valence-corrected chi connectivity index (χ3v) is 3.06. The fourth-order valence-corrected chi connectivity index (χ4v) is 2.30. The lowest BCUT2D eigenvalue weighted by Gasteiger charge is -2.18. The molecule has 16 heavy (non-hydrogen) atoms. The van der Waals surface area contributed by atoms with Gasteiger partial charge in [0.05, 0.1) is 5.60 Å². The first-order chi connectivity index (χ1) is 7.29. The summed E-state index contributed by atoms with van der Waals surface area (Å²) in [5.74, 6) is 0. The monoisotopic (exact) mass is 220 g/mol. The van der Waals surface area contributed by atoms with Gasteiger partial charge in [0.1, 0.15) is 0 Å². The standard InChI is InChI=1S/C15H24O/c1-11-9-12(2)14(13(3)10-11)7-6-8-15(4,5)16/h9-10,16H,6-8H2,1-5H3. The Morgan fingerprint density at radius 1 is 1.06 bits per heavy atom. The van der Waals surface area contributed by atoms with E-state index < -0.39 is 5.60 Å². The largest absolute Gasteiger partial charge is 0.390 e. The van der Waals surface area contributed by atoms with Crippen molar-refractivity contribution in [2.45, 2.75) is 59.5 Å². The SMILES string of the molecule is Cc1cc(C)c(CCCC(C)(C)O)c(C)c1.